The number of rotatable bonds is 7. The summed E-state index contributed by atoms with van der Waals surface area (Å²) in [6.07, 6.45) is 0. The summed E-state index contributed by atoms with van der Waals surface area (Å²) in [7, 11) is 1.51. The molecule has 0 unspecified atom stereocenters. The van der Waals surface area contributed by atoms with Gasteiger partial charge in [-0.2, -0.15) is 0 Å². The second kappa shape index (κ2) is 9.15. The Morgan fingerprint density at radius 2 is 1.64 bits per heavy atom. The number of carbonyl (C=O) groups excluding carboxylic acids is 2. The SMILES string of the molecule is COc1ccccc1OCC(=O)NCC(=O)Nc1cc(Cl)cc(Cl)c1. The minimum absolute atomic E-state index is 0.210. The molecule has 0 fully saturated rings. The maximum Gasteiger partial charge on any atom is 0.258 e. The lowest BCUT2D eigenvalue weighted by Crippen LogP contribution is -2.35. The predicted octanol–water partition coefficient (Wildman–Crippen LogP) is 3.14. The number of methoxy groups -OCH3 is 1. The van der Waals surface area contributed by atoms with Gasteiger partial charge >= 0.3 is 0 Å². The topological polar surface area (TPSA) is 76.7 Å². The van der Waals surface area contributed by atoms with Gasteiger partial charge in [-0.15, -0.1) is 0 Å². The molecular formula is C17H16Cl2N2O4. The van der Waals surface area contributed by atoms with E-state index in [0.717, 1.165) is 0 Å². The number of hydrogen-bond donors (Lipinski definition) is 2. The van der Waals surface area contributed by atoms with E-state index < -0.39 is 11.8 Å². The summed E-state index contributed by atoms with van der Waals surface area (Å²) >= 11 is 11.7. The van der Waals surface area contributed by atoms with Gasteiger partial charge in [0.1, 0.15) is 0 Å². The second-order valence-corrected chi connectivity index (χ2v) is 5.80. The Morgan fingerprint density at radius 1 is 1.00 bits per heavy atom. The Hall–Kier alpha value is -2.44. The number of benzene rings is 2. The Morgan fingerprint density at radius 3 is 2.28 bits per heavy atom. The third-order valence-electron chi connectivity index (χ3n) is 3.02. The first-order valence-corrected chi connectivity index (χ1v) is 8.02. The van der Waals surface area contributed by atoms with Crippen molar-refractivity contribution in [2.45, 2.75) is 0 Å². The molecule has 0 saturated heterocycles. The fourth-order valence-electron chi connectivity index (χ4n) is 1.94. The molecule has 132 valence electrons. The van der Waals surface area contributed by atoms with E-state index in [9.17, 15) is 9.59 Å². The highest BCUT2D eigenvalue weighted by molar-refractivity contribution is 6.35. The van der Waals surface area contributed by atoms with Gasteiger partial charge in [-0.3, -0.25) is 9.59 Å². The number of hydrogen-bond acceptors (Lipinski definition) is 4. The molecule has 0 aliphatic heterocycles. The van der Waals surface area contributed by atoms with Crippen molar-refractivity contribution in [1.29, 1.82) is 0 Å². The molecule has 2 N–H and O–H groups in total. The van der Waals surface area contributed by atoms with Gasteiger partial charge in [0.05, 0.1) is 13.7 Å². The molecule has 8 heteroatoms. The van der Waals surface area contributed by atoms with Crippen molar-refractivity contribution in [3.8, 4) is 11.5 Å². The standard InChI is InChI=1S/C17H16Cl2N2O4/c1-24-14-4-2-3-5-15(14)25-10-17(23)20-9-16(22)21-13-7-11(18)6-12(19)8-13/h2-8H,9-10H2,1H3,(H,20,23)(H,21,22). The summed E-state index contributed by atoms with van der Waals surface area (Å²) < 4.78 is 10.5. The van der Waals surface area contributed by atoms with Crippen molar-refractivity contribution < 1.29 is 19.1 Å². The fraction of sp³-hybridized carbons (Fsp3) is 0.176. The molecule has 0 aliphatic rings. The number of halogens is 2. The average molecular weight is 383 g/mol. The van der Waals surface area contributed by atoms with Crippen LogP contribution in [0.2, 0.25) is 10.0 Å². The molecule has 0 saturated carbocycles. The molecule has 0 atom stereocenters. The number of ether oxygens (including phenoxy) is 2. The Labute approximate surface area is 155 Å². The van der Waals surface area contributed by atoms with E-state index in [-0.39, 0.29) is 13.2 Å². The van der Waals surface area contributed by atoms with E-state index in [1.165, 1.54) is 7.11 Å². The van der Waals surface area contributed by atoms with Gasteiger partial charge in [0, 0.05) is 15.7 Å². The van der Waals surface area contributed by atoms with Crippen LogP contribution < -0.4 is 20.1 Å². The Bertz CT molecular complexity index is 748. The van der Waals surface area contributed by atoms with Crippen LogP contribution >= 0.6 is 23.2 Å². The molecule has 2 amide bonds. The van der Waals surface area contributed by atoms with Crippen LogP contribution in [0.25, 0.3) is 0 Å². The molecule has 2 aromatic carbocycles. The Balaban J connectivity index is 1.78. The van der Waals surface area contributed by atoms with E-state index in [4.69, 9.17) is 32.7 Å². The van der Waals surface area contributed by atoms with Crippen LogP contribution in [0.1, 0.15) is 0 Å². The molecule has 0 aromatic heterocycles. The van der Waals surface area contributed by atoms with Gasteiger partial charge in [-0.25, -0.2) is 0 Å². The molecule has 0 heterocycles. The van der Waals surface area contributed by atoms with Crippen molar-refractivity contribution in [3.05, 3.63) is 52.5 Å². The first-order chi connectivity index (χ1) is 12.0. The molecule has 2 aromatic rings. The number of para-hydroxylation sites is 2. The highest BCUT2D eigenvalue weighted by atomic mass is 35.5. The quantitative estimate of drug-likeness (QED) is 0.770. The summed E-state index contributed by atoms with van der Waals surface area (Å²) in [6.45, 7) is -0.450. The van der Waals surface area contributed by atoms with E-state index in [1.54, 1.807) is 42.5 Å². The third-order valence-corrected chi connectivity index (χ3v) is 3.46. The van der Waals surface area contributed by atoms with E-state index in [2.05, 4.69) is 10.6 Å². The van der Waals surface area contributed by atoms with Crippen LogP contribution in [0, 0.1) is 0 Å². The summed E-state index contributed by atoms with van der Waals surface area (Å²) in [5, 5.41) is 5.84. The molecule has 0 bridgehead atoms. The number of carbonyl (C=O) groups is 2. The summed E-state index contributed by atoms with van der Waals surface area (Å²) in [5.41, 5.74) is 0.446. The zero-order valence-electron chi connectivity index (χ0n) is 13.3. The van der Waals surface area contributed by atoms with Gasteiger partial charge in [-0.05, 0) is 30.3 Å². The van der Waals surface area contributed by atoms with E-state index in [1.807, 2.05) is 0 Å². The highest BCUT2D eigenvalue weighted by Crippen LogP contribution is 2.25. The van der Waals surface area contributed by atoms with Gasteiger partial charge in [0.2, 0.25) is 5.91 Å². The maximum absolute atomic E-state index is 11.8. The van der Waals surface area contributed by atoms with Crippen molar-refractivity contribution >= 4 is 40.7 Å². The molecule has 6 nitrogen and oxygen atoms in total. The van der Waals surface area contributed by atoms with Crippen LogP contribution in [0.15, 0.2) is 42.5 Å². The van der Waals surface area contributed by atoms with E-state index >= 15 is 0 Å². The van der Waals surface area contributed by atoms with Gasteiger partial charge in [0.15, 0.2) is 18.1 Å². The lowest BCUT2D eigenvalue weighted by Gasteiger charge is -2.11. The largest absolute Gasteiger partial charge is 0.493 e. The first-order valence-electron chi connectivity index (χ1n) is 7.26. The van der Waals surface area contributed by atoms with Gasteiger partial charge in [0.25, 0.3) is 5.91 Å². The minimum Gasteiger partial charge on any atom is -0.493 e. The van der Waals surface area contributed by atoms with Gasteiger partial charge < -0.3 is 20.1 Å². The normalized spacial score (nSPS) is 10.0. The van der Waals surface area contributed by atoms with Crippen LogP contribution in [-0.2, 0) is 9.59 Å². The lowest BCUT2D eigenvalue weighted by molar-refractivity contribution is -0.125. The van der Waals surface area contributed by atoms with Crippen molar-refractivity contribution in [2.75, 3.05) is 25.6 Å². The van der Waals surface area contributed by atoms with Crippen LogP contribution in [-0.4, -0.2) is 32.1 Å². The number of anilines is 1. The first kappa shape index (κ1) is 18.9. The molecule has 0 radical (unpaired) electrons. The molecule has 0 aliphatic carbocycles. The van der Waals surface area contributed by atoms with Crippen LogP contribution in [0.5, 0.6) is 11.5 Å². The zero-order valence-corrected chi connectivity index (χ0v) is 14.9. The molecule has 2 rings (SSSR count). The highest BCUT2D eigenvalue weighted by Gasteiger charge is 2.09. The summed E-state index contributed by atoms with van der Waals surface area (Å²) in [4.78, 5) is 23.6. The monoisotopic (exact) mass is 382 g/mol. The summed E-state index contributed by atoms with van der Waals surface area (Å²) in [5.74, 6) is 0.109. The van der Waals surface area contributed by atoms with Crippen molar-refractivity contribution in [2.24, 2.45) is 0 Å². The van der Waals surface area contributed by atoms with Gasteiger partial charge in [-0.1, -0.05) is 35.3 Å². The maximum atomic E-state index is 11.8. The van der Waals surface area contributed by atoms with Crippen LogP contribution in [0.4, 0.5) is 5.69 Å². The van der Waals surface area contributed by atoms with Crippen molar-refractivity contribution in [3.63, 3.8) is 0 Å². The second-order valence-electron chi connectivity index (χ2n) is 4.92. The van der Waals surface area contributed by atoms with Crippen LogP contribution in [0.3, 0.4) is 0 Å². The van der Waals surface area contributed by atoms with Crippen molar-refractivity contribution in [1.82, 2.24) is 5.32 Å². The molecular weight excluding hydrogens is 367 g/mol. The predicted molar refractivity (Wildman–Crippen MR) is 96.6 cm³/mol. The number of nitrogens with one attached hydrogen (secondary N) is 2. The zero-order chi connectivity index (χ0) is 18.2. The van der Waals surface area contributed by atoms with E-state index in [0.29, 0.717) is 27.2 Å². The fourth-order valence-corrected chi connectivity index (χ4v) is 2.47. The molecule has 0 spiro atoms. The Kier molecular flexibility index (Phi) is 6.91. The molecule has 25 heavy (non-hydrogen) atoms. The third kappa shape index (κ3) is 6.17. The minimum atomic E-state index is -0.440. The lowest BCUT2D eigenvalue weighted by atomic mass is 10.3. The summed E-state index contributed by atoms with van der Waals surface area (Å²) in [6, 6.07) is 11.6. The average Bonchev–Trinajstić information content (AvgIpc) is 2.57. The smallest absolute Gasteiger partial charge is 0.258 e. The number of amides is 2.